The Bertz CT molecular complexity index is 475. The lowest BCUT2D eigenvalue weighted by atomic mass is 10.4. The van der Waals surface area contributed by atoms with Gasteiger partial charge in [-0.25, -0.2) is 17.5 Å². The number of sulfonamides is 1. The molecule has 0 atom stereocenters. The Hall–Kier alpha value is -0.440. The van der Waals surface area contributed by atoms with E-state index < -0.39 is 16.7 Å². The summed E-state index contributed by atoms with van der Waals surface area (Å²) in [5, 5.41) is 3.10. The minimum Gasteiger partial charge on any atom is -0.452 e. The van der Waals surface area contributed by atoms with Gasteiger partial charge in [0.05, 0.1) is 6.54 Å². The Morgan fingerprint density at radius 2 is 2.17 bits per heavy atom. The van der Waals surface area contributed by atoms with E-state index in [-0.39, 0.29) is 16.1 Å². The van der Waals surface area contributed by atoms with E-state index >= 15 is 0 Å². The van der Waals surface area contributed by atoms with Crippen LogP contribution in [0, 0.1) is 0 Å². The topological polar surface area (TPSA) is 71.3 Å². The summed E-state index contributed by atoms with van der Waals surface area (Å²) >= 11 is 3.05. The first kappa shape index (κ1) is 15.6. The summed E-state index contributed by atoms with van der Waals surface area (Å²) < 4.78 is 43.0. The summed E-state index contributed by atoms with van der Waals surface area (Å²) in [6.07, 6.45) is 0.977. The van der Waals surface area contributed by atoms with E-state index in [2.05, 4.69) is 26.0 Å². The monoisotopic (exact) mass is 342 g/mol. The maximum atomic E-state index is 12.0. The molecule has 5 nitrogen and oxygen atoms in total. The second kappa shape index (κ2) is 7.22. The second-order valence-corrected chi connectivity index (χ2v) is 6.07. The molecule has 0 spiro atoms. The molecule has 1 heterocycles. The first-order valence-electron chi connectivity index (χ1n) is 5.55. The third-order valence-corrected chi connectivity index (χ3v) is 4.43. The zero-order valence-corrected chi connectivity index (χ0v) is 12.4. The summed E-state index contributed by atoms with van der Waals surface area (Å²) in [7, 11) is -3.72. The van der Waals surface area contributed by atoms with E-state index in [0.29, 0.717) is 12.3 Å². The second-order valence-electron chi connectivity index (χ2n) is 3.61. The van der Waals surface area contributed by atoms with E-state index in [9.17, 15) is 12.8 Å². The predicted molar refractivity (Wildman–Crippen MR) is 69.6 cm³/mol. The number of nitrogens with one attached hydrogen (secondary N) is 2. The van der Waals surface area contributed by atoms with Crippen LogP contribution >= 0.6 is 15.9 Å². The van der Waals surface area contributed by atoms with Gasteiger partial charge < -0.3 is 9.73 Å². The van der Waals surface area contributed by atoms with Crippen molar-refractivity contribution in [2.45, 2.75) is 24.8 Å². The molecule has 0 unspecified atom stereocenters. The van der Waals surface area contributed by atoms with Crippen LogP contribution in [-0.4, -0.2) is 28.2 Å². The van der Waals surface area contributed by atoms with Crippen LogP contribution in [0.25, 0.3) is 0 Å². The van der Waals surface area contributed by atoms with Gasteiger partial charge in [0.1, 0.15) is 17.3 Å². The van der Waals surface area contributed by atoms with Crippen LogP contribution in [0.1, 0.15) is 19.1 Å². The molecule has 8 heteroatoms. The van der Waals surface area contributed by atoms with Crippen molar-refractivity contribution >= 4 is 26.0 Å². The summed E-state index contributed by atoms with van der Waals surface area (Å²) in [4.78, 5) is -0.00996. The molecule has 0 aromatic carbocycles. The Balaban J connectivity index is 2.77. The summed E-state index contributed by atoms with van der Waals surface area (Å²) in [5.41, 5.74) is 0. The van der Waals surface area contributed by atoms with E-state index in [1.54, 1.807) is 0 Å². The summed E-state index contributed by atoms with van der Waals surface area (Å²) in [5.74, 6) is 0.510. The van der Waals surface area contributed by atoms with Crippen LogP contribution in [0.5, 0.6) is 0 Å². The SMILES string of the molecule is CCCNCc1cc(S(=O)(=O)NCCF)c(Br)o1. The number of alkyl halides is 1. The van der Waals surface area contributed by atoms with Crippen LogP contribution in [-0.2, 0) is 16.6 Å². The maximum absolute atomic E-state index is 12.0. The molecule has 0 amide bonds. The maximum Gasteiger partial charge on any atom is 0.245 e. The predicted octanol–water partition coefficient (Wildman–Crippen LogP) is 1.79. The number of furan rings is 1. The molecular formula is C10H16BrFN2O3S. The van der Waals surface area contributed by atoms with Gasteiger partial charge in [0.15, 0.2) is 4.67 Å². The number of halogens is 2. The van der Waals surface area contributed by atoms with Crippen molar-refractivity contribution in [1.29, 1.82) is 0 Å². The first-order valence-corrected chi connectivity index (χ1v) is 7.83. The third kappa shape index (κ3) is 4.34. The van der Waals surface area contributed by atoms with Crippen molar-refractivity contribution in [1.82, 2.24) is 10.0 Å². The van der Waals surface area contributed by atoms with E-state index in [1.165, 1.54) is 6.07 Å². The standard InChI is InChI=1S/C10H16BrFN2O3S/c1-2-4-13-7-8-6-9(10(11)17-8)18(15,16)14-5-3-12/h6,13-14H,2-5,7H2,1H3. The molecule has 0 saturated carbocycles. The molecular weight excluding hydrogens is 327 g/mol. The molecule has 0 saturated heterocycles. The molecule has 1 rings (SSSR count). The number of hydrogen-bond donors (Lipinski definition) is 2. The van der Waals surface area contributed by atoms with Crippen LogP contribution in [0.4, 0.5) is 4.39 Å². The van der Waals surface area contributed by atoms with Gasteiger partial charge in [-0.15, -0.1) is 0 Å². The zero-order chi connectivity index (χ0) is 13.6. The summed E-state index contributed by atoms with van der Waals surface area (Å²) in [6, 6.07) is 1.42. The molecule has 0 bridgehead atoms. The van der Waals surface area contributed by atoms with E-state index in [0.717, 1.165) is 13.0 Å². The Morgan fingerprint density at radius 3 is 2.78 bits per heavy atom. The zero-order valence-electron chi connectivity index (χ0n) is 10.0. The molecule has 0 aliphatic heterocycles. The molecule has 0 aliphatic rings. The van der Waals surface area contributed by atoms with Gasteiger partial charge in [0.25, 0.3) is 0 Å². The quantitative estimate of drug-likeness (QED) is 0.706. The number of hydrogen-bond acceptors (Lipinski definition) is 4. The van der Waals surface area contributed by atoms with E-state index in [1.807, 2.05) is 6.92 Å². The smallest absolute Gasteiger partial charge is 0.245 e. The van der Waals surface area contributed by atoms with Gasteiger partial charge in [-0.05, 0) is 28.9 Å². The highest BCUT2D eigenvalue weighted by Gasteiger charge is 2.21. The molecule has 18 heavy (non-hydrogen) atoms. The van der Waals surface area contributed by atoms with Gasteiger partial charge in [-0.2, -0.15) is 0 Å². The Morgan fingerprint density at radius 1 is 1.44 bits per heavy atom. The van der Waals surface area contributed by atoms with Gasteiger partial charge in [-0.1, -0.05) is 6.92 Å². The fraction of sp³-hybridized carbons (Fsp3) is 0.600. The lowest BCUT2D eigenvalue weighted by Crippen LogP contribution is -2.25. The van der Waals surface area contributed by atoms with Crippen molar-refractivity contribution in [3.8, 4) is 0 Å². The molecule has 0 radical (unpaired) electrons. The van der Waals surface area contributed by atoms with Gasteiger partial charge in [-0.3, -0.25) is 0 Å². The van der Waals surface area contributed by atoms with Crippen molar-refractivity contribution < 1.29 is 17.2 Å². The largest absolute Gasteiger partial charge is 0.452 e. The molecule has 0 aliphatic carbocycles. The van der Waals surface area contributed by atoms with Crippen LogP contribution in [0.3, 0.4) is 0 Å². The lowest BCUT2D eigenvalue weighted by Gasteiger charge is -2.01. The first-order chi connectivity index (χ1) is 8.51. The van der Waals surface area contributed by atoms with Crippen molar-refractivity contribution in [3.05, 3.63) is 16.5 Å². The normalized spacial score (nSPS) is 11.9. The fourth-order valence-electron chi connectivity index (χ4n) is 1.31. The molecule has 1 aromatic heterocycles. The molecule has 2 N–H and O–H groups in total. The highest BCUT2D eigenvalue weighted by atomic mass is 79.9. The van der Waals surface area contributed by atoms with Crippen molar-refractivity contribution in [3.63, 3.8) is 0 Å². The minimum absolute atomic E-state index is 0.00996. The van der Waals surface area contributed by atoms with Crippen molar-refractivity contribution in [2.24, 2.45) is 0 Å². The average Bonchev–Trinajstić information content (AvgIpc) is 2.69. The van der Waals surface area contributed by atoms with Gasteiger partial charge >= 0.3 is 0 Å². The van der Waals surface area contributed by atoms with Gasteiger partial charge in [0, 0.05) is 12.6 Å². The highest BCUT2D eigenvalue weighted by Crippen LogP contribution is 2.25. The molecule has 104 valence electrons. The highest BCUT2D eigenvalue weighted by molar-refractivity contribution is 9.10. The Labute approximate surface area is 114 Å². The summed E-state index contributed by atoms with van der Waals surface area (Å²) in [6.45, 7) is 2.30. The van der Waals surface area contributed by atoms with E-state index in [4.69, 9.17) is 4.42 Å². The molecule has 1 aromatic rings. The molecule has 0 fully saturated rings. The lowest BCUT2D eigenvalue weighted by molar-refractivity contribution is 0.460. The van der Waals surface area contributed by atoms with Crippen LogP contribution in [0.15, 0.2) is 20.0 Å². The third-order valence-electron chi connectivity index (χ3n) is 2.11. The van der Waals surface area contributed by atoms with Crippen LogP contribution < -0.4 is 10.0 Å². The van der Waals surface area contributed by atoms with Gasteiger partial charge in [0.2, 0.25) is 10.0 Å². The van der Waals surface area contributed by atoms with Crippen LogP contribution in [0.2, 0.25) is 0 Å². The fourth-order valence-corrected chi connectivity index (χ4v) is 3.31. The Kier molecular flexibility index (Phi) is 6.27. The minimum atomic E-state index is -3.72. The number of rotatable bonds is 8. The van der Waals surface area contributed by atoms with Crippen molar-refractivity contribution in [2.75, 3.05) is 19.8 Å². The average molecular weight is 343 g/mol.